The zero-order valence-corrected chi connectivity index (χ0v) is 44.9. The SMILES string of the molecule is CN1c2ccc(-c3ccc4c(c3)c3ccccc3n4-c3ccc4cc5cc6c(cc5cc4c3)[Si](C)(C)c3ccccc3-6)cc2C(C)(C)c2cc(-c3c4ccccc4c(-c4cccc5ccccc45)c4ccccc34)ccc21. The molecule has 0 saturated heterocycles. The van der Waals surface area contributed by atoms with Crippen LogP contribution in [0.25, 0.3) is 126 Å². The van der Waals surface area contributed by atoms with Gasteiger partial charge in [0.25, 0.3) is 0 Å². The van der Waals surface area contributed by atoms with E-state index in [0.29, 0.717) is 0 Å². The number of hydrogen-bond donors (Lipinski definition) is 0. The number of anilines is 2. The van der Waals surface area contributed by atoms with E-state index < -0.39 is 8.07 Å². The first-order chi connectivity index (χ1) is 37.6. The molecule has 0 saturated carbocycles. The van der Waals surface area contributed by atoms with Gasteiger partial charge in [-0.3, -0.25) is 0 Å². The largest absolute Gasteiger partial charge is 0.344 e. The second kappa shape index (κ2) is 16.0. The Kier molecular flexibility index (Phi) is 9.20. The molecule has 2 aliphatic rings. The fourth-order valence-corrected chi connectivity index (χ4v) is 17.3. The third kappa shape index (κ3) is 6.29. The molecule has 0 atom stereocenters. The highest BCUT2D eigenvalue weighted by molar-refractivity contribution is 7.04. The van der Waals surface area contributed by atoms with Crippen LogP contribution in [0.1, 0.15) is 25.0 Å². The lowest BCUT2D eigenvalue weighted by Crippen LogP contribution is -2.49. The van der Waals surface area contributed by atoms with Gasteiger partial charge in [0.1, 0.15) is 8.07 Å². The van der Waals surface area contributed by atoms with Crippen molar-refractivity contribution in [3.8, 4) is 50.2 Å². The van der Waals surface area contributed by atoms with Crippen LogP contribution in [0.2, 0.25) is 13.1 Å². The standard InChI is InChI=1S/C74H54N2Si/c1-74(2)64-42-48(31-35-68(64)75(3)69-36-32-49(43-65(69)74)72-58-22-8-10-24-60(58)73(61-25-11-9-23-59(61)72)57-26-16-18-45-17-6-7-19-54(45)57)47-30-34-67-62(40-47)55-20-12-14-27-66(55)76(67)53-33-29-46-37-51-41-63-56-21-13-15-28-70(56)77(4,5)71(63)44-52(51)38-50(46)39-53/h6-44H,1-5H3. The summed E-state index contributed by atoms with van der Waals surface area (Å²) < 4.78 is 2.47. The quantitative estimate of drug-likeness (QED) is 0.126. The van der Waals surface area contributed by atoms with Gasteiger partial charge in [-0.2, -0.15) is 0 Å². The predicted octanol–water partition coefficient (Wildman–Crippen LogP) is 18.8. The van der Waals surface area contributed by atoms with Crippen molar-refractivity contribution in [2.75, 3.05) is 11.9 Å². The third-order valence-electron chi connectivity index (χ3n) is 18.1. The van der Waals surface area contributed by atoms with E-state index in [1.54, 1.807) is 10.4 Å². The Labute approximate surface area is 449 Å². The van der Waals surface area contributed by atoms with E-state index in [1.807, 2.05) is 0 Å². The molecule has 13 aromatic carbocycles. The minimum Gasteiger partial charge on any atom is -0.344 e. The van der Waals surface area contributed by atoms with E-state index in [4.69, 9.17) is 0 Å². The Morgan fingerprint density at radius 3 is 1.65 bits per heavy atom. The van der Waals surface area contributed by atoms with E-state index in [1.165, 1.54) is 148 Å². The number of para-hydroxylation sites is 1. The molecule has 1 aromatic heterocycles. The Morgan fingerprint density at radius 1 is 0.338 bits per heavy atom. The summed E-state index contributed by atoms with van der Waals surface area (Å²) in [6.07, 6.45) is 0. The van der Waals surface area contributed by atoms with Gasteiger partial charge in [0.15, 0.2) is 0 Å². The third-order valence-corrected chi connectivity index (χ3v) is 21.6. The van der Waals surface area contributed by atoms with Gasteiger partial charge < -0.3 is 9.47 Å². The fraction of sp³-hybridized carbons (Fsp3) is 0.0811. The molecular formula is C74H54N2Si. The average Bonchev–Trinajstić information content (AvgIpc) is 4.05. The summed E-state index contributed by atoms with van der Waals surface area (Å²) in [4.78, 5) is 2.40. The summed E-state index contributed by atoms with van der Waals surface area (Å²) in [7, 11) is 0.441. The molecule has 0 fully saturated rings. The van der Waals surface area contributed by atoms with Crippen LogP contribution in [0, 0.1) is 0 Å². The number of aromatic nitrogens is 1. The molecule has 0 bridgehead atoms. The van der Waals surface area contributed by atoms with Crippen molar-refractivity contribution in [1.82, 2.24) is 4.57 Å². The van der Waals surface area contributed by atoms with Crippen LogP contribution >= 0.6 is 0 Å². The molecule has 77 heavy (non-hydrogen) atoms. The lowest BCUT2D eigenvalue weighted by molar-refractivity contribution is 0.630. The lowest BCUT2D eigenvalue weighted by Gasteiger charge is -2.41. The van der Waals surface area contributed by atoms with E-state index in [-0.39, 0.29) is 5.41 Å². The number of rotatable bonds is 4. The molecule has 16 rings (SSSR count). The van der Waals surface area contributed by atoms with Crippen molar-refractivity contribution in [3.05, 3.63) is 248 Å². The number of fused-ring (bicyclic) bond motifs is 13. The van der Waals surface area contributed by atoms with Crippen LogP contribution in [0.4, 0.5) is 11.4 Å². The van der Waals surface area contributed by atoms with Crippen LogP contribution in [0.3, 0.4) is 0 Å². The number of benzene rings is 13. The second-order valence-corrected chi connectivity index (χ2v) is 27.2. The highest BCUT2D eigenvalue weighted by Crippen LogP contribution is 2.52. The van der Waals surface area contributed by atoms with Crippen molar-refractivity contribution < 1.29 is 0 Å². The summed E-state index contributed by atoms with van der Waals surface area (Å²) >= 11 is 0. The highest BCUT2D eigenvalue weighted by atomic mass is 28.3. The molecule has 14 aromatic rings. The first-order valence-corrected chi connectivity index (χ1v) is 30.2. The normalized spacial score (nSPS) is 14.2. The summed E-state index contributed by atoms with van der Waals surface area (Å²) in [6.45, 7) is 9.85. The Hall–Kier alpha value is -9.02. The molecule has 0 radical (unpaired) electrons. The Morgan fingerprint density at radius 2 is 0.883 bits per heavy atom. The topological polar surface area (TPSA) is 8.17 Å². The van der Waals surface area contributed by atoms with Gasteiger partial charge in [0.2, 0.25) is 0 Å². The van der Waals surface area contributed by atoms with Crippen molar-refractivity contribution in [1.29, 1.82) is 0 Å². The maximum atomic E-state index is 2.51. The number of nitrogens with zero attached hydrogens (tertiary/aromatic N) is 2. The Bertz CT molecular complexity index is 4830. The van der Waals surface area contributed by atoms with Gasteiger partial charge in [-0.1, -0.05) is 191 Å². The molecule has 0 spiro atoms. The minimum absolute atomic E-state index is 0.289. The smallest absolute Gasteiger partial charge is 0.113 e. The maximum Gasteiger partial charge on any atom is 0.113 e. The molecule has 2 aliphatic heterocycles. The van der Waals surface area contributed by atoms with Crippen LogP contribution in [-0.2, 0) is 5.41 Å². The van der Waals surface area contributed by atoms with Gasteiger partial charge in [-0.05, 0) is 193 Å². The summed E-state index contributed by atoms with van der Waals surface area (Å²) in [5, 5.41) is 18.4. The molecular weight excluding hydrogens is 945 g/mol. The zero-order valence-electron chi connectivity index (χ0n) is 43.9. The van der Waals surface area contributed by atoms with Crippen molar-refractivity contribution in [2.45, 2.75) is 32.4 Å². The molecule has 0 unspecified atom stereocenters. The van der Waals surface area contributed by atoms with Crippen LogP contribution in [-0.4, -0.2) is 19.7 Å². The molecule has 3 heteroatoms. The first-order valence-electron chi connectivity index (χ1n) is 27.2. The molecule has 2 nitrogen and oxygen atoms in total. The monoisotopic (exact) mass is 998 g/mol. The van der Waals surface area contributed by atoms with Gasteiger partial charge >= 0.3 is 0 Å². The maximum absolute atomic E-state index is 2.51. The van der Waals surface area contributed by atoms with Gasteiger partial charge in [0, 0.05) is 40.3 Å². The average molecular weight is 999 g/mol. The van der Waals surface area contributed by atoms with Crippen LogP contribution in [0.15, 0.2) is 237 Å². The van der Waals surface area contributed by atoms with E-state index in [9.17, 15) is 0 Å². The highest BCUT2D eigenvalue weighted by Gasteiger charge is 2.38. The summed E-state index contributed by atoms with van der Waals surface area (Å²) in [5.41, 5.74) is 18.8. The molecule has 3 heterocycles. The Balaban J connectivity index is 0.793. The van der Waals surface area contributed by atoms with Gasteiger partial charge in [0.05, 0.1) is 11.0 Å². The molecule has 0 aliphatic carbocycles. The first kappa shape index (κ1) is 44.3. The molecule has 364 valence electrons. The van der Waals surface area contributed by atoms with Crippen molar-refractivity contribution in [2.24, 2.45) is 0 Å². The van der Waals surface area contributed by atoms with Crippen molar-refractivity contribution in [3.63, 3.8) is 0 Å². The van der Waals surface area contributed by atoms with Crippen LogP contribution < -0.4 is 15.3 Å². The lowest BCUT2D eigenvalue weighted by atomic mass is 9.72. The number of hydrogen-bond acceptors (Lipinski definition) is 1. The van der Waals surface area contributed by atoms with Crippen molar-refractivity contribution >= 4 is 105 Å². The second-order valence-electron chi connectivity index (χ2n) is 22.9. The minimum atomic E-state index is -1.79. The summed E-state index contributed by atoms with van der Waals surface area (Å²) in [5.74, 6) is 0. The molecule has 0 N–H and O–H groups in total. The fourth-order valence-electron chi connectivity index (χ4n) is 14.2. The zero-order chi connectivity index (χ0) is 51.5. The molecule has 0 amide bonds. The van der Waals surface area contributed by atoms with E-state index in [2.05, 4.69) is 280 Å². The van der Waals surface area contributed by atoms with Gasteiger partial charge in [-0.15, -0.1) is 0 Å². The predicted molar refractivity (Wildman–Crippen MR) is 333 cm³/mol. The van der Waals surface area contributed by atoms with Gasteiger partial charge in [-0.25, -0.2) is 0 Å². The van der Waals surface area contributed by atoms with E-state index >= 15 is 0 Å². The summed E-state index contributed by atoms with van der Waals surface area (Å²) in [6, 6.07) is 89.9. The van der Waals surface area contributed by atoms with Crippen LogP contribution in [0.5, 0.6) is 0 Å². The van der Waals surface area contributed by atoms with E-state index in [0.717, 1.165) is 0 Å².